The largest absolute Gasteiger partial charge is 0.469 e. The molecule has 0 N–H and O–H groups in total. The number of rotatable bonds is 4. The summed E-state index contributed by atoms with van der Waals surface area (Å²) >= 11 is 5.39. The molecule has 0 saturated heterocycles. The van der Waals surface area contributed by atoms with Gasteiger partial charge in [-0.25, -0.2) is 0 Å². The smallest absolute Gasteiger partial charge is 0.305 e. The van der Waals surface area contributed by atoms with E-state index in [0.717, 1.165) is 0 Å². The summed E-state index contributed by atoms with van der Waals surface area (Å²) in [6.07, 6.45) is 1.14. The van der Waals surface area contributed by atoms with Crippen molar-refractivity contribution in [2.75, 3.05) is 7.11 Å². The minimum absolute atomic E-state index is 0.198. The minimum Gasteiger partial charge on any atom is -0.469 e. The lowest BCUT2D eigenvalue weighted by Gasteiger charge is -1.98. The van der Waals surface area contributed by atoms with E-state index in [1.54, 1.807) is 0 Å². The van der Waals surface area contributed by atoms with Crippen molar-refractivity contribution < 1.29 is 14.3 Å². The van der Waals surface area contributed by atoms with Crippen molar-refractivity contribution in [3.05, 3.63) is 0 Å². The predicted octanol–water partition coefficient (Wildman–Crippen LogP) is 0.746. The van der Waals surface area contributed by atoms with Gasteiger partial charge in [0.1, 0.15) is 6.29 Å². The first-order valence-corrected chi connectivity index (χ1v) is 3.30. The highest BCUT2D eigenvalue weighted by molar-refractivity contribution is 6.27. The van der Waals surface area contributed by atoms with E-state index < -0.39 is 5.38 Å². The predicted molar refractivity (Wildman–Crippen MR) is 37.0 cm³/mol. The van der Waals surface area contributed by atoms with Gasteiger partial charge in [-0.2, -0.15) is 0 Å². The maximum Gasteiger partial charge on any atom is 0.305 e. The maximum atomic E-state index is 10.4. The molecule has 0 radical (unpaired) electrons. The topological polar surface area (TPSA) is 43.4 Å². The normalized spacial score (nSPS) is 12.2. The van der Waals surface area contributed by atoms with Crippen LogP contribution in [0.3, 0.4) is 0 Å². The van der Waals surface area contributed by atoms with Crippen LogP contribution in [0.4, 0.5) is 0 Å². The van der Waals surface area contributed by atoms with Gasteiger partial charge in [0.2, 0.25) is 0 Å². The van der Waals surface area contributed by atoms with E-state index in [2.05, 4.69) is 4.74 Å². The average Bonchev–Trinajstić information content (AvgIpc) is 1.99. The fraction of sp³-hybridized carbons (Fsp3) is 0.667. The number of methoxy groups -OCH3 is 1. The number of hydrogen-bond acceptors (Lipinski definition) is 3. The van der Waals surface area contributed by atoms with Crippen LogP contribution in [0.25, 0.3) is 0 Å². The Balaban J connectivity index is 3.34. The third-order valence-electron chi connectivity index (χ3n) is 1.000. The van der Waals surface area contributed by atoms with E-state index >= 15 is 0 Å². The highest BCUT2D eigenvalue weighted by Gasteiger charge is 2.05. The van der Waals surface area contributed by atoms with Crippen molar-refractivity contribution in [3.8, 4) is 0 Å². The third-order valence-corrected chi connectivity index (χ3v) is 1.32. The number of ether oxygens (including phenoxy) is 1. The molecule has 0 heterocycles. The van der Waals surface area contributed by atoms with Crippen LogP contribution < -0.4 is 0 Å². The van der Waals surface area contributed by atoms with Crippen molar-refractivity contribution in [1.29, 1.82) is 0 Å². The number of esters is 1. The Morgan fingerprint density at radius 2 is 2.40 bits per heavy atom. The summed E-state index contributed by atoms with van der Waals surface area (Å²) in [5, 5.41) is -0.570. The van der Waals surface area contributed by atoms with Crippen LogP contribution >= 0.6 is 11.6 Å². The summed E-state index contributed by atoms with van der Waals surface area (Å²) in [6, 6.07) is 0. The number of carbonyl (C=O) groups excluding carboxylic acids is 2. The molecule has 0 aliphatic rings. The van der Waals surface area contributed by atoms with Gasteiger partial charge >= 0.3 is 5.97 Å². The van der Waals surface area contributed by atoms with Crippen LogP contribution in [0, 0.1) is 0 Å². The molecule has 0 aromatic rings. The first-order valence-electron chi connectivity index (χ1n) is 2.87. The van der Waals surface area contributed by atoms with Gasteiger partial charge in [0.15, 0.2) is 0 Å². The summed E-state index contributed by atoms with van der Waals surface area (Å²) in [5.41, 5.74) is 0. The molecule has 0 aliphatic heterocycles. The third kappa shape index (κ3) is 4.32. The molecular formula is C6H9ClO3. The monoisotopic (exact) mass is 164 g/mol. The average molecular weight is 165 g/mol. The van der Waals surface area contributed by atoms with E-state index in [0.29, 0.717) is 12.7 Å². The second-order valence-electron chi connectivity index (χ2n) is 1.77. The number of aldehydes is 1. The molecule has 4 heteroatoms. The Labute approximate surface area is 64.3 Å². The van der Waals surface area contributed by atoms with E-state index in [1.165, 1.54) is 7.11 Å². The van der Waals surface area contributed by atoms with Gasteiger partial charge in [-0.05, 0) is 6.42 Å². The zero-order valence-electron chi connectivity index (χ0n) is 5.67. The summed E-state index contributed by atoms with van der Waals surface area (Å²) in [5.74, 6) is -0.340. The number of halogens is 1. The Kier molecular flexibility index (Phi) is 4.94. The van der Waals surface area contributed by atoms with E-state index in [4.69, 9.17) is 11.6 Å². The van der Waals surface area contributed by atoms with Crippen molar-refractivity contribution in [2.45, 2.75) is 18.2 Å². The van der Waals surface area contributed by atoms with Crippen molar-refractivity contribution >= 4 is 23.9 Å². The van der Waals surface area contributed by atoms with Crippen LogP contribution in [-0.2, 0) is 14.3 Å². The molecule has 0 spiro atoms. The lowest BCUT2D eigenvalue weighted by atomic mass is 10.2. The standard InChI is InChI=1S/C6H9ClO3/c1-10-6(9)3-2-5(7)4-8/h4-5H,2-3H2,1H3. The van der Waals surface area contributed by atoms with Crippen LogP contribution in [0.1, 0.15) is 12.8 Å². The molecule has 3 nitrogen and oxygen atoms in total. The van der Waals surface area contributed by atoms with Gasteiger partial charge in [-0.3, -0.25) is 4.79 Å². The molecule has 0 rings (SSSR count). The Morgan fingerprint density at radius 1 is 1.80 bits per heavy atom. The summed E-state index contributed by atoms with van der Waals surface area (Å²) in [7, 11) is 1.30. The van der Waals surface area contributed by atoms with Crippen molar-refractivity contribution in [3.63, 3.8) is 0 Å². The number of hydrogen-bond donors (Lipinski definition) is 0. The number of alkyl halides is 1. The zero-order chi connectivity index (χ0) is 7.98. The first kappa shape index (κ1) is 9.43. The maximum absolute atomic E-state index is 10.4. The quantitative estimate of drug-likeness (QED) is 0.350. The van der Waals surface area contributed by atoms with Gasteiger partial charge in [-0.15, -0.1) is 11.6 Å². The SMILES string of the molecule is COC(=O)CCC(Cl)C=O. The molecule has 58 valence electrons. The molecule has 0 aliphatic carbocycles. The highest BCUT2D eigenvalue weighted by atomic mass is 35.5. The second-order valence-corrected chi connectivity index (χ2v) is 2.33. The van der Waals surface area contributed by atoms with Gasteiger partial charge in [0.25, 0.3) is 0 Å². The molecule has 0 amide bonds. The molecule has 1 unspecified atom stereocenters. The number of carbonyl (C=O) groups is 2. The fourth-order valence-corrected chi connectivity index (χ4v) is 0.535. The Bertz CT molecular complexity index is 124. The van der Waals surface area contributed by atoms with Crippen molar-refractivity contribution in [1.82, 2.24) is 0 Å². The van der Waals surface area contributed by atoms with E-state index in [1.807, 2.05) is 0 Å². The summed E-state index contributed by atoms with van der Waals surface area (Å²) < 4.78 is 4.33. The van der Waals surface area contributed by atoms with Gasteiger partial charge in [0.05, 0.1) is 12.5 Å². The van der Waals surface area contributed by atoms with Crippen LogP contribution in [-0.4, -0.2) is 24.7 Å². The van der Waals surface area contributed by atoms with Crippen LogP contribution in [0.5, 0.6) is 0 Å². The van der Waals surface area contributed by atoms with Crippen LogP contribution in [0.15, 0.2) is 0 Å². The first-order chi connectivity index (χ1) is 4.70. The van der Waals surface area contributed by atoms with E-state index in [-0.39, 0.29) is 12.4 Å². The highest BCUT2D eigenvalue weighted by Crippen LogP contribution is 2.02. The lowest BCUT2D eigenvalue weighted by molar-refractivity contribution is -0.140. The van der Waals surface area contributed by atoms with E-state index in [9.17, 15) is 9.59 Å². The molecular weight excluding hydrogens is 156 g/mol. The zero-order valence-corrected chi connectivity index (χ0v) is 6.43. The summed E-state index contributed by atoms with van der Waals surface area (Å²) in [4.78, 5) is 20.4. The molecule has 0 bridgehead atoms. The van der Waals surface area contributed by atoms with Gasteiger partial charge < -0.3 is 9.53 Å². The molecule has 0 saturated carbocycles. The molecule has 10 heavy (non-hydrogen) atoms. The Hall–Kier alpha value is -0.570. The van der Waals surface area contributed by atoms with Gasteiger partial charge in [0, 0.05) is 6.42 Å². The second kappa shape index (κ2) is 5.23. The fourth-order valence-electron chi connectivity index (χ4n) is 0.426. The molecule has 0 aromatic carbocycles. The Morgan fingerprint density at radius 3 is 2.80 bits per heavy atom. The molecule has 0 aromatic heterocycles. The molecule has 0 fully saturated rings. The lowest BCUT2D eigenvalue weighted by Crippen LogP contribution is -2.06. The van der Waals surface area contributed by atoms with Crippen molar-refractivity contribution in [2.24, 2.45) is 0 Å². The molecule has 1 atom stereocenters. The van der Waals surface area contributed by atoms with Crippen LogP contribution in [0.2, 0.25) is 0 Å². The minimum atomic E-state index is -0.570. The van der Waals surface area contributed by atoms with Gasteiger partial charge in [-0.1, -0.05) is 0 Å². The summed E-state index contributed by atoms with van der Waals surface area (Å²) in [6.45, 7) is 0.